The Morgan fingerprint density at radius 3 is 2.60 bits per heavy atom. The molecule has 0 saturated heterocycles. The maximum Gasteiger partial charge on any atom is 0.252 e. The predicted octanol–water partition coefficient (Wildman–Crippen LogP) is 3.22. The molecule has 2 aromatic carbocycles. The lowest BCUT2D eigenvalue weighted by atomic mass is 10.1. The molecule has 20 heavy (non-hydrogen) atoms. The fourth-order valence-electron chi connectivity index (χ4n) is 1.99. The highest BCUT2D eigenvalue weighted by Crippen LogP contribution is 2.18. The van der Waals surface area contributed by atoms with Crippen LogP contribution in [0.3, 0.4) is 0 Å². The summed E-state index contributed by atoms with van der Waals surface area (Å²) in [6.07, 6.45) is 0. The maximum atomic E-state index is 12.3. The van der Waals surface area contributed by atoms with Crippen molar-refractivity contribution in [3.8, 4) is 0 Å². The largest absolute Gasteiger partial charge is 0.394 e. The lowest BCUT2D eigenvalue weighted by molar-refractivity contribution is 0.0915. The van der Waals surface area contributed by atoms with Gasteiger partial charge in [0.2, 0.25) is 0 Å². The second-order valence-corrected chi connectivity index (χ2v) is 5.49. The van der Waals surface area contributed by atoms with E-state index in [9.17, 15) is 9.90 Å². The molecule has 104 valence electrons. The number of aliphatic hydroxyl groups excluding tert-OH is 1. The fourth-order valence-corrected chi connectivity index (χ4v) is 2.36. The Bertz CT molecular complexity index is 599. The van der Waals surface area contributed by atoms with Gasteiger partial charge in [0, 0.05) is 10.0 Å². The van der Waals surface area contributed by atoms with Gasteiger partial charge in [-0.05, 0) is 30.2 Å². The number of rotatable bonds is 4. The number of benzene rings is 2. The molecule has 0 bridgehead atoms. The average molecular weight is 334 g/mol. The molecular formula is C16H16BrNO2. The SMILES string of the molecule is Cc1ccc(Br)cc1C(=O)NC(CO)c1ccccc1. The van der Waals surface area contributed by atoms with Crippen LogP contribution < -0.4 is 5.32 Å². The molecule has 0 heterocycles. The van der Waals surface area contributed by atoms with E-state index in [-0.39, 0.29) is 12.5 Å². The zero-order valence-electron chi connectivity index (χ0n) is 11.1. The number of amides is 1. The first kappa shape index (κ1) is 14.8. The van der Waals surface area contributed by atoms with Gasteiger partial charge >= 0.3 is 0 Å². The van der Waals surface area contributed by atoms with Crippen molar-refractivity contribution in [3.05, 3.63) is 69.7 Å². The van der Waals surface area contributed by atoms with Crippen LogP contribution in [0.4, 0.5) is 0 Å². The molecule has 1 atom stereocenters. The smallest absolute Gasteiger partial charge is 0.252 e. The molecule has 0 saturated carbocycles. The molecule has 0 aliphatic rings. The summed E-state index contributed by atoms with van der Waals surface area (Å²) in [5.74, 6) is -0.188. The van der Waals surface area contributed by atoms with Crippen molar-refractivity contribution < 1.29 is 9.90 Å². The molecule has 2 rings (SSSR count). The van der Waals surface area contributed by atoms with Gasteiger partial charge in [-0.1, -0.05) is 52.3 Å². The van der Waals surface area contributed by atoms with Gasteiger partial charge < -0.3 is 10.4 Å². The first-order valence-corrected chi connectivity index (χ1v) is 7.14. The van der Waals surface area contributed by atoms with Crippen molar-refractivity contribution >= 4 is 21.8 Å². The van der Waals surface area contributed by atoms with Crippen LogP contribution in [-0.2, 0) is 0 Å². The van der Waals surface area contributed by atoms with E-state index in [0.29, 0.717) is 5.56 Å². The van der Waals surface area contributed by atoms with E-state index in [1.807, 2.05) is 49.4 Å². The number of nitrogens with one attached hydrogen (secondary N) is 1. The van der Waals surface area contributed by atoms with Gasteiger partial charge in [-0.15, -0.1) is 0 Å². The summed E-state index contributed by atoms with van der Waals surface area (Å²) in [4.78, 5) is 12.3. The van der Waals surface area contributed by atoms with E-state index in [1.54, 1.807) is 6.07 Å². The minimum atomic E-state index is -0.401. The molecule has 0 radical (unpaired) electrons. The minimum Gasteiger partial charge on any atom is -0.394 e. The Morgan fingerprint density at radius 2 is 1.95 bits per heavy atom. The molecule has 1 unspecified atom stereocenters. The number of carbonyl (C=O) groups excluding carboxylic acids is 1. The first-order valence-electron chi connectivity index (χ1n) is 6.34. The van der Waals surface area contributed by atoms with Crippen LogP contribution in [0.5, 0.6) is 0 Å². The van der Waals surface area contributed by atoms with Crippen LogP contribution >= 0.6 is 15.9 Å². The Morgan fingerprint density at radius 1 is 1.25 bits per heavy atom. The average Bonchev–Trinajstić information content (AvgIpc) is 2.48. The van der Waals surface area contributed by atoms with E-state index < -0.39 is 6.04 Å². The van der Waals surface area contributed by atoms with Crippen LogP contribution in [-0.4, -0.2) is 17.6 Å². The quantitative estimate of drug-likeness (QED) is 0.902. The van der Waals surface area contributed by atoms with Crippen LogP contribution in [0.1, 0.15) is 27.5 Å². The molecule has 1 amide bonds. The van der Waals surface area contributed by atoms with Crippen LogP contribution in [0, 0.1) is 6.92 Å². The Balaban J connectivity index is 2.20. The summed E-state index contributed by atoms with van der Waals surface area (Å²) < 4.78 is 0.855. The van der Waals surface area contributed by atoms with Gasteiger partial charge in [-0.3, -0.25) is 4.79 Å². The summed E-state index contributed by atoms with van der Waals surface area (Å²) >= 11 is 3.36. The van der Waals surface area contributed by atoms with Crippen LogP contribution in [0.25, 0.3) is 0 Å². The topological polar surface area (TPSA) is 49.3 Å². The van der Waals surface area contributed by atoms with Crippen LogP contribution in [0.15, 0.2) is 53.0 Å². The van der Waals surface area contributed by atoms with Gasteiger partial charge in [0.05, 0.1) is 12.6 Å². The van der Waals surface area contributed by atoms with Crippen LogP contribution in [0.2, 0.25) is 0 Å². The van der Waals surface area contributed by atoms with Gasteiger partial charge in [0.15, 0.2) is 0 Å². The highest BCUT2D eigenvalue weighted by atomic mass is 79.9. The highest BCUT2D eigenvalue weighted by Gasteiger charge is 2.16. The Labute approximate surface area is 126 Å². The number of aliphatic hydroxyl groups is 1. The van der Waals surface area contributed by atoms with Crippen molar-refractivity contribution in [3.63, 3.8) is 0 Å². The standard InChI is InChI=1S/C16H16BrNO2/c1-11-7-8-13(17)9-14(11)16(20)18-15(10-19)12-5-3-2-4-6-12/h2-9,15,19H,10H2,1H3,(H,18,20). The second-order valence-electron chi connectivity index (χ2n) is 4.58. The van der Waals surface area contributed by atoms with E-state index >= 15 is 0 Å². The van der Waals surface area contributed by atoms with Crippen molar-refractivity contribution in [1.82, 2.24) is 5.32 Å². The minimum absolute atomic E-state index is 0.136. The van der Waals surface area contributed by atoms with Gasteiger partial charge in [0.25, 0.3) is 5.91 Å². The lowest BCUT2D eigenvalue weighted by Gasteiger charge is -2.17. The molecule has 0 aliphatic carbocycles. The van der Waals surface area contributed by atoms with Crippen molar-refractivity contribution in [2.75, 3.05) is 6.61 Å². The number of carbonyl (C=O) groups is 1. The lowest BCUT2D eigenvalue weighted by Crippen LogP contribution is -2.31. The number of hydrogen-bond donors (Lipinski definition) is 2. The summed E-state index contributed by atoms with van der Waals surface area (Å²) in [5, 5.41) is 12.3. The van der Waals surface area contributed by atoms with Gasteiger partial charge in [0.1, 0.15) is 0 Å². The van der Waals surface area contributed by atoms with Crippen molar-refractivity contribution in [1.29, 1.82) is 0 Å². The van der Waals surface area contributed by atoms with Crippen molar-refractivity contribution in [2.45, 2.75) is 13.0 Å². The molecule has 4 heteroatoms. The maximum absolute atomic E-state index is 12.3. The highest BCUT2D eigenvalue weighted by molar-refractivity contribution is 9.10. The summed E-state index contributed by atoms with van der Waals surface area (Å²) in [6.45, 7) is 1.75. The summed E-state index contributed by atoms with van der Waals surface area (Å²) in [5.41, 5.74) is 2.39. The van der Waals surface area contributed by atoms with Gasteiger partial charge in [-0.2, -0.15) is 0 Å². The monoisotopic (exact) mass is 333 g/mol. The van der Waals surface area contributed by atoms with E-state index in [0.717, 1.165) is 15.6 Å². The molecule has 2 aromatic rings. The Kier molecular flexibility index (Phi) is 4.93. The number of aryl methyl sites for hydroxylation is 1. The molecule has 0 spiro atoms. The normalized spacial score (nSPS) is 11.9. The molecule has 0 fully saturated rings. The predicted molar refractivity (Wildman–Crippen MR) is 82.6 cm³/mol. The zero-order valence-corrected chi connectivity index (χ0v) is 12.7. The molecule has 0 aromatic heterocycles. The molecular weight excluding hydrogens is 318 g/mol. The van der Waals surface area contributed by atoms with E-state index in [1.165, 1.54) is 0 Å². The first-order chi connectivity index (χ1) is 9.61. The second kappa shape index (κ2) is 6.68. The van der Waals surface area contributed by atoms with E-state index in [4.69, 9.17) is 0 Å². The molecule has 3 nitrogen and oxygen atoms in total. The summed E-state index contributed by atoms with van der Waals surface area (Å²) in [7, 11) is 0. The number of halogens is 1. The molecule has 0 aliphatic heterocycles. The fraction of sp³-hybridized carbons (Fsp3) is 0.188. The third-order valence-corrected chi connectivity index (χ3v) is 3.63. The molecule has 2 N–H and O–H groups in total. The third-order valence-electron chi connectivity index (χ3n) is 3.13. The third kappa shape index (κ3) is 3.46. The van der Waals surface area contributed by atoms with Gasteiger partial charge in [-0.25, -0.2) is 0 Å². The van der Waals surface area contributed by atoms with Crippen molar-refractivity contribution in [2.24, 2.45) is 0 Å². The zero-order chi connectivity index (χ0) is 14.5. The van der Waals surface area contributed by atoms with E-state index in [2.05, 4.69) is 21.2 Å². The number of hydrogen-bond acceptors (Lipinski definition) is 2. The Hall–Kier alpha value is -1.65. The summed E-state index contributed by atoms with van der Waals surface area (Å²) in [6, 6.07) is 14.6.